The number of nitrogens with zero attached hydrogens (tertiary/aromatic N) is 3. The minimum atomic E-state index is -1.10. The van der Waals surface area contributed by atoms with E-state index in [1.165, 1.54) is 23.2 Å². The second-order valence-corrected chi connectivity index (χ2v) is 5.36. The van der Waals surface area contributed by atoms with Crippen molar-refractivity contribution in [1.82, 2.24) is 14.5 Å². The first kappa shape index (κ1) is 14.0. The number of aromatic carboxylic acids is 1. The highest BCUT2D eigenvalue weighted by Crippen LogP contribution is 2.19. The fourth-order valence-corrected chi connectivity index (χ4v) is 1.61. The molecule has 0 spiro atoms. The van der Waals surface area contributed by atoms with Crippen molar-refractivity contribution < 1.29 is 19.4 Å². The van der Waals surface area contributed by atoms with Crippen molar-refractivity contribution in [2.75, 3.05) is 0 Å². The van der Waals surface area contributed by atoms with Crippen LogP contribution in [-0.2, 0) is 16.3 Å². The molecule has 0 aliphatic rings. The van der Waals surface area contributed by atoms with Crippen LogP contribution in [0.15, 0.2) is 18.6 Å². The quantitative estimate of drug-likeness (QED) is 0.858. The number of hydrogen-bond donors (Lipinski definition) is 1. The molecule has 0 aromatic carbocycles. The molecule has 2 heterocycles. The lowest BCUT2D eigenvalue weighted by atomic mass is 9.98. The van der Waals surface area contributed by atoms with Gasteiger partial charge in [0, 0.05) is 18.6 Å². The van der Waals surface area contributed by atoms with Crippen LogP contribution < -0.4 is 0 Å². The van der Waals surface area contributed by atoms with Gasteiger partial charge in [0.05, 0.1) is 5.41 Å². The summed E-state index contributed by atoms with van der Waals surface area (Å²) in [5.74, 6) is -1.48. The average Bonchev–Trinajstić information content (AvgIpc) is 2.74. The summed E-state index contributed by atoms with van der Waals surface area (Å²) in [5, 5.41) is 9.11. The molecule has 0 saturated carbocycles. The van der Waals surface area contributed by atoms with Crippen molar-refractivity contribution in [2.24, 2.45) is 5.41 Å². The maximum absolute atomic E-state index is 11.7. The monoisotopic (exact) mass is 277 g/mol. The molecular formula is C13H15N3O4. The van der Waals surface area contributed by atoms with E-state index in [2.05, 4.69) is 9.97 Å². The van der Waals surface area contributed by atoms with E-state index in [-0.39, 0.29) is 23.8 Å². The third-order valence-corrected chi connectivity index (χ3v) is 2.67. The molecule has 0 radical (unpaired) electrons. The Morgan fingerprint density at radius 3 is 2.55 bits per heavy atom. The average molecular weight is 277 g/mol. The molecule has 0 fully saturated rings. The summed E-state index contributed by atoms with van der Waals surface area (Å²) in [6, 6.07) is 0. The Morgan fingerprint density at radius 1 is 1.30 bits per heavy atom. The molecule has 0 saturated heterocycles. The molecule has 7 heteroatoms. The number of carboxylic acid groups (broad SMARTS) is 1. The van der Waals surface area contributed by atoms with Gasteiger partial charge >= 0.3 is 11.9 Å². The van der Waals surface area contributed by atoms with E-state index in [1.807, 2.05) is 0 Å². The van der Waals surface area contributed by atoms with E-state index in [1.54, 1.807) is 20.8 Å². The van der Waals surface area contributed by atoms with Crippen LogP contribution in [0.3, 0.4) is 0 Å². The summed E-state index contributed by atoms with van der Waals surface area (Å²) in [6.45, 7) is 5.13. The third-order valence-electron chi connectivity index (χ3n) is 2.67. The first-order chi connectivity index (χ1) is 9.30. The van der Waals surface area contributed by atoms with Gasteiger partial charge in [-0.05, 0) is 20.8 Å². The molecule has 20 heavy (non-hydrogen) atoms. The Balaban J connectivity index is 2.31. The number of ether oxygens (including phenoxy) is 1. The molecule has 0 atom stereocenters. The highest BCUT2D eigenvalue weighted by molar-refractivity contribution is 6.00. The second kappa shape index (κ2) is 4.92. The van der Waals surface area contributed by atoms with Gasteiger partial charge in [0.15, 0.2) is 12.4 Å². The van der Waals surface area contributed by atoms with E-state index < -0.39 is 11.4 Å². The summed E-state index contributed by atoms with van der Waals surface area (Å²) >= 11 is 0. The third kappa shape index (κ3) is 2.61. The van der Waals surface area contributed by atoms with E-state index in [4.69, 9.17) is 9.84 Å². The molecule has 7 nitrogen and oxygen atoms in total. The number of aromatic nitrogens is 3. The largest absolute Gasteiger partial charge is 0.478 e. The van der Waals surface area contributed by atoms with Crippen LogP contribution in [0.4, 0.5) is 0 Å². The topological polar surface area (TPSA) is 94.3 Å². The van der Waals surface area contributed by atoms with Crippen molar-refractivity contribution in [1.29, 1.82) is 0 Å². The first-order valence-corrected chi connectivity index (χ1v) is 6.01. The number of hydrogen-bond acceptors (Lipinski definition) is 5. The molecule has 2 aromatic heterocycles. The van der Waals surface area contributed by atoms with E-state index in [0.717, 1.165) is 0 Å². The van der Waals surface area contributed by atoms with Crippen LogP contribution >= 0.6 is 0 Å². The molecule has 2 aromatic rings. The fraction of sp³-hybridized carbons (Fsp3) is 0.385. The number of carbonyl (C=O) groups is 2. The van der Waals surface area contributed by atoms with Gasteiger partial charge in [0.1, 0.15) is 11.1 Å². The summed E-state index contributed by atoms with van der Waals surface area (Å²) in [4.78, 5) is 30.9. The van der Waals surface area contributed by atoms with Crippen LogP contribution in [0.2, 0.25) is 0 Å². The molecule has 0 amide bonds. The van der Waals surface area contributed by atoms with Crippen molar-refractivity contribution in [3.8, 4) is 0 Å². The minimum Gasteiger partial charge on any atom is -0.478 e. The zero-order valence-electron chi connectivity index (χ0n) is 11.5. The van der Waals surface area contributed by atoms with Crippen molar-refractivity contribution in [3.05, 3.63) is 24.2 Å². The summed E-state index contributed by atoms with van der Waals surface area (Å²) < 4.78 is 6.61. The molecule has 0 aliphatic carbocycles. The lowest BCUT2D eigenvalue weighted by Crippen LogP contribution is -2.23. The maximum atomic E-state index is 11.7. The first-order valence-electron chi connectivity index (χ1n) is 6.01. The van der Waals surface area contributed by atoms with Gasteiger partial charge in [-0.1, -0.05) is 0 Å². The molecule has 0 bridgehead atoms. The highest BCUT2D eigenvalue weighted by atomic mass is 16.5. The number of fused-ring (bicyclic) bond motifs is 1. The van der Waals surface area contributed by atoms with Gasteiger partial charge < -0.3 is 9.84 Å². The summed E-state index contributed by atoms with van der Waals surface area (Å²) in [6.07, 6.45) is 4.24. The van der Waals surface area contributed by atoms with Crippen LogP contribution in [0, 0.1) is 5.41 Å². The molecule has 106 valence electrons. The molecule has 0 unspecified atom stereocenters. The van der Waals surface area contributed by atoms with Crippen LogP contribution in [0.1, 0.15) is 31.1 Å². The number of rotatable bonds is 3. The Labute approximate surface area is 115 Å². The lowest BCUT2D eigenvalue weighted by molar-refractivity contribution is -0.156. The number of carboxylic acids is 1. The smallest absolute Gasteiger partial charge is 0.339 e. The number of carbonyl (C=O) groups excluding carboxylic acids is 1. The zero-order chi connectivity index (χ0) is 14.9. The zero-order valence-corrected chi connectivity index (χ0v) is 11.5. The predicted octanol–water partition coefficient (Wildman–Crippen LogP) is 1.68. The van der Waals surface area contributed by atoms with Crippen molar-refractivity contribution in [3.63, 3.8) is 0 Å². The summed E-state index contributed by atoms with van der Waals surface area (Å²) in [5.41, 5.74) is 0.0443. The van der Waals surface area contributed by atoms with Crippen LogP contribution in [-0.4, -0.2) is 31.6 Å². The van der Waals surface area contributed by atoms with Crippen LogP contribution in [0.25, 0.3) is 11.2 Å². The van der Waals surface area contributed by atoms with Gasteiger partial charge in [-0.3, -0.25) is 14.3 Å². The van der Waals surface area contributed by atoms with Gasteiger partial charge in [-0.15, -0.1) is 0 Å². The highest BCUT2D eigenvalue weighted by Gasteiger charge is 2.24. The Hall–Kier alpha value is -2.44. The molecule has 1 N–H and O–H groups in total. The van der Waals surface area contributed by atoms with E-state index in [9.17, 15) is 9.59 Å². The van der Waals surface area contributed by atoms with E-state index >= 15 is 0 Å². The number of esters is 1. The van der Waals surface area contributed by atoms with E-state index in [0.29, 0.717) is 5.65 Å². The van der Waals surface area contributed by atoms with Crippen molar-refractivity contribution in [2.45, 2.75) is 27.5 Å². The Bertz CT molecular complexity index is 670. The van der Waals surface area contributed by atoms with Gasteiger partial charge in [0.25, 0.3) is 0 Å². The predicted molar refractivity (Wildman–Crippen MR) is 70.0 cm³/mol. The fourth-order valence-electron chi connectivity index (χ4n) is 1.61. The Morgan fingerprint density at radius 2 is 1.95 bits per heavy atom. The van der Waals surface area contributed by atoms with Gasteiger partial charge in [-0.2, -0.15) is 0 Å². The molecule has 0 aliphatic heterocycles. The van der Waals surface area contributed by atoms with Crippen LogP contribution in [0.5, 0.6) is 0 Å². The SMILES string of the molecule is CC(C)(C)C(=O)OCn1cc(C(=O)O)c2nccnc21. The summed E-state index contributed by atoms with van der Waals surface area (Å²) in [7, 11) is 0. The molecular weight excluding hydrogens is 262 g/mol. The minimum absolute atomic E-state index is 0.0277. The standard InChI is InChI=1S/C13H15N3O4/c1-13(2,3)12(19)20-7-16-6-8(11(17)18)9-10(16)15-5-4-14-9/h4-6H,7H2,1-3H3,(H,17,18). The molecule has 2 rings (SSSR count). The maximum Gasteiger partial charge on any atom is 0.339 e. The normalized spacial score (nSPS) is 11.6. The van der Waals surface area contributed by atoms with Gasteiger partial charge in [-0.25, -0.2) is 9.78 Å². The second-order valence-electron chi connectivity index (χ2n) is 5.36. The Kier molecular flexibility index (Phi) is 3.44. The van der Waals surface area contributed by atoms with Gasteiger partial charge in [0.2, 0.25) is 0 Å². The van der Waals surface area contributed by atoms with Crippen molar-refractivity contribution >= 4 is 23.1 Å². The lowest BCUT2D eigenvalue weighted by Gasteiger charge is -2.16.